The van der Waals surface area contributed by atoms with Crippen molar-refractivity contribution in [1.29, 1.82) is 0 Å². The number of hydrogen-bond donors (Lipinski definition) is 0. The highest BCUT2D eigenvalue weighted by atomic mass is 15.1. The minimum absolute atomic E-state index is 0.0706. The molecule has 0 radical (unpaired) electrons. The number of nitrogens with zero attached hydrogens (tertiary/aromatic N) is 1. The van der Waals surface area contributed by atoms with Crippen LogP contribution in [0.2, 0.25) is 0 Å². The SMILES string of the molecule is Cc1ccc(N(c2ccc(-c3c4ccccc4c(-c4ccc5c(c4)C(C)(C)c4ccccc4-5)c4ccccc34)cc2)c2ccc(C)c3ccccc23)c2ccccc12. The molecule has 10 aromatic rings. The van der Waals surface area contributed by atoms with Crippen LogP contribution in [-0.2, 0) is 5.41 Å². The summed E-state index contributed by atoms with van der Waals surface area (Å²) in [4.78, 5) is 2.46. The fourth-order valence-corrected chi connectivity index (χ4v) is 10.1. The van der Waals surface area contributed by atoms with E-state index in [1.54, 1.807) is 0 Å². The maximum atomic E-state index is 2.47. The zero-order valence-electron chi connectivity index (χ0n) is 33.3. The van der Waals surface area contributed by atoms with Crippen LogP contribution in [0.5, 0.6) is 0 Å². The Balaban J connectivity index is 1.10. The lowest BCUT2D eigenvalue weighted by Gasteiger charge is -2.29. The molecule has 0 amide bonds. The molecule has 0 aliphatic heterocycles. The smallest absolute Gasteiger partial charge is 0.0540 e. The molecule has 276 valence electrons. The van der Waals surface area contributed by atoms with Gasteiger partial charge in [0.15, 0.2) is 0 Å². The van der Waals surface area contributed by atoms with Gasteiger partial charge in [-0.2, -0.15) is 0 Å². The molecule has 0 aromatic heterocycles. The van der Waals surface area contributed by atoms with Gasteiger partial charge in [-0.1, -0.05) is 172 Å². The second-order valence-corrected chi connectivity index (χ2v) is 16.5. The Morgan fingerprint density at radius 1 is 0.345 bits per heavy atom. The second kappa shape index (κ2) is 13.0. The Morgan fingerprint density at radius 3 is 1.29 bits per heavy atom. The van der Waals surface area contributed by atoms with Crippen molar-refractivity contribution < 1.29 is 0 Å². The lowest BCUT2D eigenvalue weighted by Crippen LogP contribution is -2.14. The number of fused-ring (bicyclic) bond motifs is 7. The molecule has 0 bridgehead atoms. The molecule has 0 fully saturated rings. The molecular weight excluding hydrogens is 699 g/mol. The molecule has 0 saturated carbocycles. The monoisotopic (exact) mass is 741 g/mol. The third kappa shape index (κ3) is 5.10. The maximum absolute atomic E-state index is 2.47. The topological polar surface area (TPSA) is 3.24 Å². The van der Waals surface area contributed by atoms with E-state index < -0.39 is 0 Å². The lowest BCUT2D eigenvalue weighted by molar-refractivity contribution is 0.660. The first kappa shape index (κ1) is 34.3. The van der Waals surface area contributed by atoms with E-state index in [0.29, 0.717) is 0 Å². The van der Waals surface area contributed by atoms with Gasteiger partial charge in [-0.05, 0) is 132 Å². The summed E-state index contributed by atoms with van der Waals surface area (Å²) >= 11 is 0. The third-order valence-corrected chi connectivity index (χ3v) is 12.9. The van der Waals surface area contributed by atoms with Crippen LogP contribution in [0.25, 0.3) is 76.5 Å². The van der Waals surface area contributed by atoms with Crippen molar-refractivity contribution in [1.82, 2.24) is 0 Å². The van der Waals surface area contributed by atoms with Gasteiger partial charge in [0.05, 0.1) is 11.4 Å². The first-order valence-corrected chi connectivity index (χ1v) is 20.4. The standard InChI is InChI=1S/C57H43N/c1-36-25-33-53(45-18-7-5-15-41(36)45)58(54-34-26-37(2)42-16-6-8-19-46(42)54)40-30-27-38(28-31-40)55-47-20-9-11-22-49(47)56(50-23-12-10-21-48(50)55)39-29-32-44-43-17-13-14-24-51(43)57(3,4)52(44)35-39/h5-35H,1-4H3. The molecule has 58 heavy (non-hydrogen) atoms. The molecule has 0 saturated heterocycles. The Kier molecular flexibility index (Phi) is 7.72. The third-order valence-electron chi connectivity index (χ3n) is 12.9. The van der Waals surface area contributed by atoms with E-state index in [0.717, 1.165) is 5.69 Å². The zero-order chi connectivity index (χ0) is 39.1. The van der Waals surface area contributed by atoms with Gasteiger partial charge in [0.2, 0.25) is 0 Å². The van der Waals surface area contributed by atoms with Gasteiger partial charge >= 0.3 is 0 Å². The Labute approximate surface area is 340 Å². The van der Waals surface area contributed by atoms with Gasteiger partial charge in [-0.15, -0.1) is 0 Å². The van der Waals surface area contributed by atoms with Gasteiger partial charge in [-0.25, -0.2) is 0 Å². The van der Waals surface area contributed by atoms with Crippen LogP contribution < -0.4 is 4.90 Å². The van der Waals surface area contributed by atoms with Crippen LogP contribution in [0.15, 0.2) is 188 Å². The second-order valence-electron chi connectivity index (χ2n) is 16.5. The van der Waals surface area contributed by atoms with Gasteiger partial charge in [0.1, 0.15) is 0 Å². The van der Waals surface area contributed by atoms with Crippen LogP contribution in [0.3, 0.4) is 0 Å². The summed E-state index contributed by atoms with van der Waals surface area (Å²) in [6, 6.07) is 70.1. The van der Waals surface area contributed by atoms with Crippen molar-refractivity contribution in [3.8, 4) is 33.4 Å². The molecule has 1 aliphatic carbocycles. The highest BCUT2D eigenvalue weighted by Crippen LogP contribution is 2.52. The molecule has 0 unspecified atom stereocenters. The Morgan fingerprint density at radius 2 is 0.759 bits per heavy atom. The molecule has 0 spiro atoms. The van der Waals surface area contributed by atoms with E-state index in [4.69, 9.17) is 0 Å². The van der Waals surface area contributed by atoms with Crippen molar-refractivity contribution in [2.45, 2.75) is 33.1 Å². The molecule has 0 heterocycles. The van der Waals surface area contributed by atoms with Crippen molar-refractivity contribution in [3.63, 3.8) is 0 Å². The summed E-state index contributed by atoms with van der Waals surface area (Å²) in [5.74, 6) is 0. The number of hydrogen-bond acceptors (Lipinski definition) is 1. The minimum atomic E-state index is -0.0706. The van der Waals surface area contributed by atoms with Crippen LogP contribution >= 0.6 is 0 Å². The molecule has 1 aliphatic rings. The largest absolute Gasteiger partial charge is 0.309 e. The van der Waals surface area contributed by atoms with E-state index >= 15 is 0 Å². The van der Waals surface area contributed by atoms with E-state index in [1.807, 2.05) is 0 Å². The molecule has 1 heteroatoms. The Hall–Kier alpha value is -6.96. The lowest BCUT2D eigenvalue weighted by atomic mass is 9.80. The predicted molar refractivity (Wildman–Crippen MR) is 249 cm³/mol. The van der Waals surface area contributed by atoms with Crippen LogP contribution in [0.1, 0.15) is 36.1 Å². The summed E-state index contributed by atoms with van der Waals surface area (Å²) in [5.41, 5.74) is 16.5. The molecule has 11 rings (SSSR count). The summed E-state index contributed by atoms with van der Waals surface area (Å²) in [6.07, 6.45) is 0. The summed E-state index contributed by atoms with van der Waals surface area (Å²) < 4.78 is 0. The molecule has 10 aromatic carbocycles. The van der Waals surface area contributed by atoms with E-state index in [2.05, 4.69) is 221 Å². The van der Waals surface area contributed by atoms with Gasteiger partial charge in [-0.3, -0.25) is 0 Å². The van der Waals surface area contributed by atoms with Gasteiger partial charge in [0.25, 0.3) is 0 Å². The first-order valence-electron chi connectivity index (χ1n) is 20.4. The molecular formula is C57H43N. The highest BCUT2D eigenvalue weighted by molar-refractivity contribution is 6.21. The van der Waals surface area contributed by atoms with Crippen molar-refractivity contribution in [3.05, 3.63) is 210 Å². The molecule has 1 nitrogen and oxygen atoms in total. The van der Waals surface area contributed by atoms with Gasteiger partial charge in [0, 0.05) is 21.9 Å². The predicted octanol–water partition coefficient (Wildman–Crippen LogP) is 16.0. The summed E-state index contributed by atoms with van der Waals surface area (Å²) in [7, 11) is 0. The van der Waals surface area contributed by atoms with Crippen molar-refractivity contribution >= 4 is 60.2 Å². The van der Waals surface area contributed by atoms with E-state index in [9.17, 15) is 0 Å². The molecule has 0 atom stereocenters. The quantitative estimate of drug-likeness (QED) is 0.159. The van der Waals surface area contributed by atoms with Gasteiger partial charge < -0.3 is 4.90 Å². The normalized spacial score (nSPS) is 13.0. The van der Waals surface area contributed by atoms with Crippen LogP contribution in [0.4, 0.5) is 17.1 Å². The first-order chi connectivity index (χ1) is 28.4. The number of aryl methyl sites for hydroxylation is 2. The number of benzene rings is 10. The Bertz CT molecular complexity index is 3130. The maximum Gasteiger partial charge on any atom is 0.0540 e. The average molecular weight is 742 g/mol. The number of anilines is 3. The summed E-state index contributed by atoms with van der Waals surface area (Å²) in [6.45, 7) is 9.15. The fourth-order valence-electron chi connectivity index (χ4n) is 10.1. The van der Waals surface area contributed by atoms with Crippen molar-refractivity contribution in [2.24, 2.45) is 0 Å². The fraction of sp³-hybridized carbons (Fsp3) is 0.0877. The van der Waals surface area contributed by atoms with Crippen LogP contribution in [-0.4, -0.2) is 0 Å². The highest BCUT2D eigenvalue weighted by Gasteiger charge is 2.35. The van der Waals surface area contributed by atoms with Crippen molar-refractivity contribution in [2.75, 3.05) is 4.90 Å². The number of rotatable bonds is 5. The molecule has 0 N–H and O–H groups in total. The minimum Gasteiger partial charge on any atom is -0.309 e. The zero-order valence-corrected chi connectivity index (χ0v) is 33.3. The van der Waals surface area contributed by atoms with E-state index in [1.165, 1.54) is 110 Å². The summed E-state index contributed by atoms with van der Waals surface area (Å²) in [5, 5.41) is 10.1. The van der Waals surface area contributed by atoms with Crippen LogP contribution in [0, 0.1) is 13.8 Å². The van der Waals surface area contributed by atoms with E-state index in [-0.39, 0.29) is 5.41 Å². The average Bonchev–Trinajstić information content (AvgIpc) is 3.50.